The van der Waals surface area contributed by atoms with Gasteiger partial charge in [-0.05, 0) is 23.8 Å². The number of benzene rings is 1. The van der Waals surface area contributed by atoms with E-state index in [0.717, 1.165) is 49.9 Å². The molecule has 0 aliphatic carbocycles. The number of aromatic nitrogens is 1. The van der Waals surface area contributed by atoms with Crippen LogP contribution in [0.4, 0.5) is 5.13 Å². The average Bonchev–Trinajstić information content (AvgIpc) is 3.22. The summed E-state index contributed by atoms with van der Waals surface area (Å²) in [5.74, 6) is 0.538. The van der Waals surface area contributed by atoms with Crippen molar-refractivity contribution in [3.8, 4) is 5.75 Å². The third-order valence-corrected chi connectivity index (χ3v) is 5.30. The lowest BCUT2D eigenvalue weighted by atomic mass is 10.1. The standard InChI is InChI=1S/C17H18ClN3O3S/c18-12-1-2-14-11(7-12)8-15(24-14)16(22)20-17-19-13(10-25-17)9-21-3-5-23-6-4-21/h1-2,7,10,15H,3-6,8-9H2,(H,19,20,22)/t15-/m1/s1. The van der Waals surface area contributed by atoms with Gasteiger partial charge in [0.2, 0.25) is 0 Å². The van der Waals surface area contributed by atoms with Crippen molar-refractivity contribution in [2.45, 2.75) is 19.1 Å². The van der Waals surface area contributed by atoms with Gasteiger partial charge < -0.3 is 9.47 Å². The van der Waals surface area contributed by atoms with Crippen LogP contribution < -0.4 is 10.1 Å². The molecular weight excluding hydrogens is 362 g/mol. The van der Waals surface area contributed by atoms with Gasteiger partial charge >= 0.3 is 0 Å². The molecule has 0 unspecified atom stereocenters. The van der Waals surface area contributed by atoms with E-state index in [1.165, 1.54) is 11.3 Å². The minimum Gasteiger partial charge on any atom is -0.480 e. The molecule has 6 nitrogen and oxygen atoms in total. The van der Waals surface area contributed by atoms with Crippen LogP contribution in [0.15, 0.2) is 23.6 Å². The second-order valence-electron chi connectivity index (χ2n) is 6.08. The second kappa shape index (κ2) is 7.29. The normalized spacial score (nSPS) is 20.1. The van der Waals surface area contributed by atoms with Crippen molar-refractivity contribution in [1.29, 1.82) is 0 Å². The smallest absolute Gasteiger partial charge is 0.267 e. The molecule has 1 aromatic carbocycles. The fourth-order valence-electron chi connectivity index (χ4n) is 2.97. The Morgan fingerprint density at radius 2 is 2.24 bits per heavy atom. The van der Waals surface area contributed by atoms with E-state index < -0.39 is 6.10 Å². The zero-order valence-corrected chi connectivity index (χ0v) is 15.1. The number of hydrogen-bond donors (Lipinski definition) is 1. The number of hydrogen-bond acceptors (Lipinski definition) is 6. The summed E-state index contributed by atoms with van der Waals surface area (Å²) >= 11 is 7.42. The molecule has 2 aliphatic heterocycles. The molecule has 1 saturated heterocycles. The van der Waals surface area contributed by atoms with Crippen LogP contribution in [0.2, 0.25) is 5.02 Å². The van der Waals surface area contributed by atoms with E-state index in [-0.39, 0.29) is 5.91 Å². The van der Waals surface area contributed by atoms with Crippen LogP contribution in [-0.2, 0) is 22.5 Å². The topological polar surface area (TPSA) is 63.7 Å². The van der Waals surface area contributed by atoms with Gasteiger partial charge in [0.1, 0.15) is 5.75 Å². The van der Waals surface area contributed by atoms with Crippen LogP contribution in [0.25, 0.3) is 0 Å². The summed E-state index contributed by atoms with van der Waals surface area (Å²) in [4.78, 5) is 19.2. The second-order valence-corrected chi connectivity index (χ2v) is 7.38. The zero-order chi connectivity index (χ0) is 17.2. The summed E-state index contributed by atoms with van der Waals surface area (Å²) in [7, 11) is 0. The van der Waals surface area contributed by atoms with Gasteiger partial charge in [-0.1, -0.05) is 11.6 Å². The summed E-state index contributed by atoms with van der Waals surface area (Å²) < 4.78 is 11.1. The predicted molar refractivity (Wildman–Crippen MR) is 96.4 cm³/mol. The molecule has 0 bridgehead atoms. The Morgan fingerprint density at radius 1 is 1.40 bits per heavy atom. The maximum atomic E-state index is 12.4. The number of fused-ring (bicyclic) bond motifs is 1. The molecule has 1 atom stereocenters. The van der Waals surface area contributed by atoms with Crippen molar-refractivity contribution >= 4 is 34.0 Å². The van der Waals surface area contributed by atoms with Gasteiger partial charge in [-0.25, -0.2) is 4.98 Å². The first-order valence-electron chi connectivity index (χ1n) is 8.18. The minimum atomic E-state index is -0.542. The number of rotatable bonds is 4. The molecule has 0 saturated carbocycles. The average molecular weight is 380 g/mol. The SMILES string of the molecule is O=C(Nc1nc(CN2CCOCC2)cs1)[C@H]1Cc2cc(Cl)ccc2O1. The van der Waals surface area contributed by atoms with Crippen LogP contribution in [0.1, 0.15) is 11.3 Å². The summed E-state index contributed by atoms with van der Waals surface area (Å²) in [6, 6.07) is 5.40. The van der Waals surface area contributed by atoms with Crippen molar-refractivity contribution in [1.82, 2.24) is 9.88 Å². The molecule has 8 heteroatoms. The molecule has 1 amide bonds. The maximum absolute atomic E-state index is 12.4. The van der Waals surface area contributed by atoms with Gasteiger partial charge in [-0.3, -0.25) is 15.0 Å². The number of amides is 1. The highest BCUT2D eigenvalue weighted by Gasteiger charge is 2.29. The van der Waals surface area contributed by atoms with Crippen LogP contribution in [-0.4, -0.2) is 48.2 Å². The number of halogens is 1. The highest BCUT2D eigenvalue weighted by atomic mass is 35.5. The predicted octanol–water partition coefficient (Wildman–Crippen LogP) is 2.57. The monoisotopic (exact) mass is 379 g/mol. The lowest BCUT2D eigenvalue weighted by Crippen LogP contribution is -2.35. The van der Waals surface area contributed by atoms with Crippen molar-refractivity contribution in [3.05, 3.63) is 39.9 Å². The van der Waals surface area contributed by atoms with E-state index in [4.69, 9.17) is 21.1 Å². The van der Waals surface area contributed by atoms with Crippen LogP contribution >= 0.6 is 22.9 Å². The molecule has 4 rings (SSSR count). The van der Waals surface area contributed by atoms with Gasteiger partial charge in [-0.15, -0.1) is 11.3 Å². The van der Waals surface area contributed by atoms with Gasteiger partial charge in [0.25, 0.3) is 5.91 Å². The molecule has 2 aromatic rings. The zero-order valence-electron chi connectivity index (χ0n) is 13.5. The number of ether oxygens (including phenoxy) is 2. The molecule has 132 valence electrons. The number of anilines is 1. The maximum Gasteiger partial charge on any atom is 0.267 e. The van der Waals surface area contributed by atoms with Gasteiger partial charge in [-0.2, -0.15) is 0 Å². The Kier molecular flexibility index (Phi) is 4.89. The molecule has 0 spiro atoms. The highest BCUT2D eigenvalue weighted by molar-refractivity contribution is 7.13. The van der Waals surface area contributed by atoms with E-state index in [0.29, 0.717) is 16.6 Å². The van der Waals surface area contributed by atoms with E-state index in [1.54, 1.807) is 12.1 Å². The molecule has 2 aliphatic rings. The number of morpholine rings is 1. The molecule has 0 radical (unpaired) electrons. The van der Waals surface area contributed by atoms with E-state index >= 15 is 0 Å². The Labute approximate surface area is 154 Å². The van der Waals surface area contributed by atoms with Gasteiger partial charge in [0.15, 0.2) is 11.2 Å². The first-order chi connectivity index (χ1) is 12.2. The van der Waals surface area contributed by atoms with Crippen molar-refractivity contribution in [2.75, 3.05) is 31.6 Å². The number of carbonyl (C=O) groups is 1. The van der Waals surface area contributed by atoms with Crippen molar-refractivity contribution < 1.29 is 14.3 Å². The van der Waals surface area contributed by atoms with Crippen molar-refractivity contribution in [3.63, 3.8) is 0 Å². The largest absolute Gasteiger partial charge is 0.480 e. The minimum absolute atomic E-state index is 0.181. The Morgan fingerprint density at radius 3 is 3.08 bits per heavy atom. The molecule has 1 aromatic heterocycles. The van der Waals surface area contributed by atoms with Gasteiger partial charge in [0, 0.05) is 36.5 Å². The third kappa shape index (κ3) is 3.95. The van der Waals surface area contributed by atoms with E-state index in [2.05, 4.69) is 15.2 Å². The molecule has 1 N–H and O–H groups in total. The Bertz CT molecular complexity index is 776. The quantitative estimate of drug-likeness (QED) is 0.884. The first kappa shape index (κ1) is 16.8. The van der Waals surface area contributed by atoms with Crippen LogP contribution in [0.3, 0.4) is 0 Å². The van der Waals surface area contributed by atoms with E-state index in [1.807, 2.05) is 11.4 Å². The first-order valence-corrected chi connectivity index (χ1v) is 9.43. The lowest BCUT2D eigenvalue weighted by molar-refractivity contribution is -0.122. The van der Waals surface area contributed by atoms with Gasteiger partial charge in [0.05, 0.1) is 18.9 Å². The molecular formula is C17H18ClN3O3S. The Balaban J connectivity index is 1.34. The number of carbonyl (C=O) groups excluding carboxylic acids is 1. The summed E-state index contributed by atoms with van der Waals surface area (Å²) in [5.41, 5.74) is 1.92. The van der Waals surface area contributed by atoms with Crippen LogP contribution in [0.5, 0.6) is 5.75 Å². The number of nitrogens with one attached hydrogen (secondary N) is 1. The number of thiazole rings is 1. The van der Waals surface area contributed by atoms with E-state index in [9.17, 15) is 4.79 Å². The fourth-order valence-corrected chi connectivity index (χ4v) is 3.87. The molecule has 25 heavy (non-hydrogen) atoms. The summed E-state index contributed by atoms with van der Waals surface area (Å²) in [5, 5.41) is 6.09. The van der Waals surface area contributed by atoms with Crippen molar-refractivity contribution in [2.24, 2.45) is 0 Å². The summed E-state index contributed by atoms with van der Waals surface area (Å²) in [6.45, 7) is 4.13. The summed E-state index contributed by atoms with van der Waals surface area (Å²) in [6.07, 6.45) is -0.0200. The highest BCUT2D eigenvalue weighted by Crippen LogP contribution is 2.31. The fraction of sp³-hybridized carbons (Fsp3) is 0.412. The van der Waals surface area contributed by atoms with Crippen LogP contribution in [0, 0.1) is 0 Å². The molecule has 3 heterocycles. The third-order valence-electron chi connectivity index (χ3n) is 4.26. The number of nitrogens with zero attached hydrogens (tertiary/aromatic N) is 2. The lowest BCUT2D eigenvalue weighted by Gasteiger charge is -2.25. The molecule has 1 fully saturated rings. The Hall–Kier alpha value is -1.67.